The predicted octanol–water partition coefficient (Wildman–Crippen LogP) is 2.33. The van der Waals surface area contributed by atoms with Gasteiger partial charge in [-0.05, 0) is 18.6 Å². The maximum absolute atomic E-state index is 4.15. The van der Waals surface area contributed by atoms with Crippen LogP contribution >= 0.6 is 22.6 Å². The zero-order valence-corrected chi connectivity index (χ0v) is 7.42. The highest BCUT2D eigenvalue weighted by Gasteiger charge is 1.92. The number of halogens is 1. The molecule has 2 heteroatoms. The molecule has 0 atom stereocenters. The van der Waals surface area contributed by atoms with Gasteiger partial charge in [-0.3, -0.25) is 4.98 Å². The van der Waals surface area contributed by atoms with Gasteiger partial charge < -0.3 is 0 Å². The smallest absolute Gasteiger partial charge is 0.0412 e. The number of pyridine rings is 1. The summed E-state index contributed by atoms with van der Waals surface area (Å²) in [4.78, 5) is 4.15. The Labute approximate surface area is 68.6 Å². The molecule has 0 saturated carbocycles. The van der Waals surface area contributed by atoms with Gasteiger partial charge in [0, 0.05) is 16.3 Å². The summed E-state index contributed by atoms with van der Waals surface area (Å²) in [5, 5.41) is 0. The minimum atomic E-state index is 1.05. The van der Waals surface area contributed by atoms with Crippen LogP contribution in [0.15, 0.2) is 18.3 Å². The molecule has 0 aromatic carbocycles. The zero-order valence-electron chi connectivity index (χ0n) is 5.26. The second-order valence-corrected chi connectivity index (χ2v) is 2.64. The molecule has 0 amide bonds. The fourth-order valence-electron chi connectivity index (χ4n) is 0.659. The normalized spacial score (nSPS) is 9.56. The standard InChI is InChI=1S/C7H8IN/c1-6-7(5-8)3-2-4-9-6/h2-4H,5H2,1H3. The van der Waals surface area contributed by atoms with Gasteiger partial charge in [0.05, 0.1) is 0 Å². The van der Waals surface area contributed by atoms with Gasteiger partial charge in [0.25, 0.3) is 0 Å². The summed E-state index contributed by atoms with van der Waals surface area (Å²) in [7, 11) is 0. The lowest BCUT2D eigenvalue weighted by atomic mass is 10.2. The fraction of sp³-hybridized carbons (Fsp3) is 0.286. The third-order valence-corrected chi connectivity index (χ3v) is 2.08. The largest absolute Gasteiger partial charge is 0.261 e. The van der Waals surface area contributed by atoms with Crippen molar-refractivity contribution < 1.29 is 0 Å². The third-order valence-electron chi connectivity index (χ3n) is 1.26. The first-order valence-electron chi connectivity index (χ1n) is 2.81. The molecule has 1 heterocycles. The van der Waals surface area contributed by atoms with E-state index < -0.39 is 0 Å². The van der Waals surface area contributed by atoms with Crippen molar-refractivity contribution >= 4 is 22.6 Å². The Kier molecular flexibility index (Phi) is 2.45. The Morgan fingerprint density at radius 2 is 2.44 bits per heavy atom. The quantitative estimate of drug-likeness (QED) is 0.535. The van der Waals surface area contributed by atoms with Gasteiger partial charge in [0.1, 0.15) is 0 Å². The predicted molar refractivity (Wildman–Crippen MR) is 46.7 cm³/mol. The number of hydrogen-bond acceptors (Lipinski definition) is 1. The molecule has 0 N–H and O–H groups in total. The Balaban J connectivity index is 3.01. The molecule has 1 nitrogen and oxygen atoms in total. The molecule has 1 aromatic rings. The van der Waals surface area contributed by atoms with Crippen LogP contribution in [-0.2, 0) is 4.43 Å². The van der Waals surface area contributed by atoms with Gasteiger partial charge in [-0.15, -0.1) is 0 Å². The van der Waals surface area contributed by atoms with Crippen LogP contribution in [0.2, 0.25) is 0 Å². The molecular weight excluding hydrogens is 225 g/mol. The van der Waals surface area contributed by atoms with Crippen molar-refractivity contribution in [1.29, 1.82) is 0 Å². The molecule has 0 aliphatic heterocycles. The first-order chi connectivity index (χ1) is 4.34. The highest BCUT2D eigenvalue weighted by molar-refractivity contribution is 14.1. The van der Waals surface area contributed by atoms with Gasteiger partial charge in [-0.2, -0.15) is 0 Å². The van der Waals surface area contributed by atoms with Crippen molar-refractivity contribution in [3.05, 3.63) is 29.6 Å². The van der Waals surface area contributed by atoms with Crippen LogP contribution in [0.3, 0.4) is 0 Å². The first kappa shape index (κ1) is 6.99. The summed E-state index contributed by atoms with van der Waals surface area (Å²) in [5.41, 5.74) is 2.48. The van der Waals surface area contributed by atoms with E-state index in [1.54, 1.807) is 0 Å². The van der Waals surface area contributed by atoms with E-state index in [1.165, 1.54) is 5.56 Å². The summed E-state index contributed by atoms with van der Waals surface area (Å²) in [6.45, 7) is 2.04. The van der Waals surface area contributed by atoms with Gasteiger partial charge in [0.2, 0.25) is 0 Å². The van der Waals surface area contributed by atoms with Crippen molar-refractivity contribution in [2.45, 2.75) is 11.4 Å². The second-order valence-electron chi connectivity index (χ2n) is 1.88. The van der Waals surface area contributed by atoms with E-state index in [-0.39, 0.29) is 0 Å². The van der Waals surface area contributed by atoms with Crippen molar-refractivity contribution in [2.75, 3.05) is 0 Å². The molecule has 0 radical (unpaired) electrons. The van der Waals surface area contributed by atoms with Crippen LogP contribution < -0.4 is 0 Å². The summed E-state index contributed by atoms with van der Waals surface area (Å²) in [6, 6.07) is 4.08. The molecular formula is C7H8IN. The van der Waals surface area contributed by atoms with Crippen LogP contribution in [0.25, 0.3) is 0 Å². The lowest BCUT2D eigenvalue weighted by molar-refractivity contribution is 1.15. The van der Waals surface area contributed by atoms with Crippen molar-refractivity contribution in [1.82, 2.24) is 4.98 Å². The SMILES string of the molecule is Cc1ncccc1CI. The maximum Gasteiger partial charge on any atom is 0.0412 e. The maximum atomic E-state index is 4.15. The molecule has 0 aliphatic carbocycles. The minimum absolute atomic E-state index is 1.05. The summed E-state index contributed by atoms with van der Waals surface area (Å²) in [6.07, 6.45) is 1.82. The Morgan fingerprint density at radius 3 is 2.89 bits per heavy atom. The van der Waals surface area contributed by atoms with Gasteiger partial charge >= 0.3 is 0 Å². The highest BCUT2D eigenvalue weighted by Crippen LogP contribution is 2.07. The Morgan fingerprint density at radius 1 is 1.67 bits per heavy atom. The van der Waals surface area contributed by atoms with E-state index in [0.717, 1.165) is 10.1 Å². The van der Waals surface area contributed by atoms with Crippen LogP contribution in [0.1, 0.15) is 11.3 Å². The molecule has 1 rings (SSSR count). The highest BCUT2D eigenvalue weighted by atomic mass is 127. The first-order valence-corrected chi connectivity index (χ1v) is 4.33. The van der Waals surface area contributed by atoms with Crippen LogP contribution in [0.5, 0.6) is 0 Å². The summed E-state index contributed by atoms with van der Waals surface area (Å²) >= 11 is 2.34. The number of hydrogen-bond donors (Lipinski definition) is 0. The minimum Gasteiger partial charge on any atom is -0.261 e. The fourth-order valence-corrected chi connectivity index (χ4v) is 1.46. The number of rotatable bonds is 1. The van der Waals surface area contributed by atoms with Crippen LogP contribution in [-0.4, -0.2) is 4.98 Å². The van der Waals surface area contributed by atoms with E-state index in [0.29, 0.717) is 0 Å². The lowest BCUT2D eigenvalue weighted by Crippen LogP contribution is -1.85. The van der Waals surface area contributed by atoms with E-state index in [9.17, 15) is 0 Å². The van der Waals surface area contributed by atoms with Gasteiger partial charge in [-0.1, -0.05) is 28.7 Å². The molecule has 0 aliphatic rings. The molecule has 0 unspecified atom stereocenters. The number of nitrogens with zero attached hydrogens (tertiary/aromatic N) is 1. The average molecular weight is 233 g/mol. The number of alkyl halides is 1. The average Bonchev–Trinajstić information content (AvgIpc) is 1.89. The number of aryl methyl sites for hydroxylation is 1. The molecule has 0 fully saturated rings. The van der Waals surface area contributed by atoms with Crippen molar-refractivity contribution in [2.24, 2.45) is 0 Å². The molecule has 0 saturated heterocycles. The van der Waals surface area contributed by atoms with E-state index in [4.69, 9.17) is 0 Å². The van der Waals surface area contributed by atoms with E-state index in [1.807, 2.05) is 19.2 Å². The summed E-state index contributed by atoms with van der Waals surface area (Å²) in [5.74, 6) is 0. The zero-order chi connectivity index (χ0) is 6.69. The van der Waals surface area contributed by atoms with Crippen molar-refractivity contribution in [3.8, 4) is 0 Å². The Hall–Kier alpha value is -0.120. The molecule has 0 bridgehead atoms. The van der Waals surface area contributed by atoms with Gasteiger partial charge in [0.15, 0.2) is 0 Å². The lowest BCUT2D eigenvalue weighted by Gasteiger charge is -1.96. The molecule has 48 valence electrons. The Bertz CT molecular complexity index is 198. The number of aromatic nitrogens is 1. The van der Waals surface area contributed by atoms with Gasteiger partial charge in [-0.25, -0.2) is 0 Å². The van der Waals surface area contributed by atoms with Crippen LogP contribution in [0, 0.1) is 6.92 Å². The van der Waals surface area contributed by atoms with E-state index in [2.05, 4.69) is 33.6 Å². The monoisotopic (exact) mass is 233 g/mol. The van der Waals surface area contributed by atoms with Crippen LogP contribution in [0.4, 0.5) is 0 Å². The third kappa shape index (κ3) is 1.64. The molecule has 1 aromatic heterocycles. The van der Waals surface area contributed by atoms with E-state index >= 15 is 0 Å². The topological polar surface area (TPSA) is 12.9 Å². The molecule has 9 heavy (non-hydrogen) atoms. The van der Waals surface area contributed by atoms with Crippen molar-refractivity contribution in [3.63, 3.8) is 0 Å². The summed E-state index contributed by atoms with van der Waals surface area (Å²) < 4.78 is 1.05. The molecule has 0 spiro atoms. The second kappa shape index (κ2) is 3.15.